The molecule has 56 valence electrons. The average molecular weight is 160 g/mol. The van der Waals surface area contributed by atoms with E-state index < -0.39 is 11.2 Å². The number of aliphatic carboxylic acids is 1. The van der Waals surface area contributed by atoms with E-state index in [0.29, 0.717) is 0 Å². The Bertz CT molecular complexity index is 178. The molecular formula is C6H8O3S. The second-order valence-corrected chi connectivity index (χ2v) is 3.82. The molecule has 0 aromatic heterocycles. The van der Waals surface area contributed by atoms with Crippen molar-refractivity contribution < 1.29 is 14.7 Å². The van der Waals surface area contributed by atoms with Gasteiger partial charge in [0.05, 0.1) is 5.25 Å². The highest BCUT2D eigenvalue weighted by atomic mass is 32.2. The van der Waals surface area contributed by atoms with Gasteiger partial charge in [0.1, 0.15) is 11.0 Å². The largest absolute Gasteiger partial charge is 0.480 e. The second-order valence-electron chi connectivity index (χ2n) is 2.28. The van der Waals surface area contributed by atoms with Crippen LogP contribution in [-0.4, -0.2) is 27.4 Å². The Morgan fingerprint density at radius 1 is 1.80 bits per heavy atom. The molecule has 10 heavy (non-hydrogen) atoms. The topological polar surface area (TPSA) is 54.4 Å². The number of carboxylic acids is 1. The third-order valence-electron chi connectivity index (χ3n) is 1.48. The Kier molecular flexibility index (Phi) is 1.99. The van der Waals surface area contributed by atoms with Crippen LogP contribution < -0.4 is 0 Å². The van der Waals surface area contributed by atoms with Crippen LogP contribution in [0.5, 0.6) is 0 Å². The first kappa shape index (κ1) is 7.60. The minimum atomic E-state index is -0.872. The first-order valence-corrected chi connectivity index (χ1v) is 3.96. The number of carbonyl (C=O) groups is 2. The van der Waals surface area contributed by atoms with Gasteiger partial charge in [-0.25, -0.2) is 0 Å². The standard InChI is InChI=1S/C6H8O3S/c1-3-4(7)2-5(10-3)6(8)9/h3,5H,2H2,1H3,(H,8,9)/t3-,5-/m1/s1. The smallest absolute Gasteiger partial charge is 0.317 e. The van der Waals surface area contributed by atoms with Gasteiger partial charge in [-0.3, -0.25) is 9.59 Å². The van der Waals surface area contributed by atoms with Crippen molar-refractivity contribution in [3.8, 4) is 0 Å². The summed E-state index contributed by atoms with van der Waals surface area (Å²) in [6.07, 6.45) is 0.196. The Hall–Kier alpha value is -0.510. The van der Waals surface area contributed by atoms with Gasteiger partial charge in [0, 0.05) is 6.42 Å². The number of hydrogen-bond donors (Lipinski definition) is 1. The van der Waals surface area contributed by atoms with Crippen LogP contribution in [0.15, 0.2) is 0 Å². The predicted molar refractivity (Wildman–Crippen MR) is 38.1 cm³/mol. The van der Waals surface area contributed by atoms with Crippen LogP contribution in [0.25, 0.3) is 0 Å². The summed E-state index contributed by atoms with van der Waals surface area (Å²) in [6, 6.07) is 0. The zero-order valence-corrected chi connectivity index (χ0v) is 6.35. The molecule has 1 heterocycles. The molecule has 0 saturated carbocycles. The van der Waals surface area contributed by atoms with Gasteiger partial charge in [0.2, 0.25) is 0 Å². The molecule has 0 amide bonds. The van der Waals surface area contributed by atoms with E-state index in [1.165, 1.54) is 11.8 Å². The highest BCUT2D eigenvalue weighted by Crippen LogP contribution is 2.30. The summed E-state index contributed by atoms with van der Waals surface area (Å²) in [6.45, 7) is 1.75. The van der Waals surface area contributed by atoms with Crippen molar-refractivity contribution in [2.24, 2.45) is 0 Å². The van der Waals surface area contributed by atoms with Crippen LogP contribution in [0.1, 0.15) is 13.3 Å². The Morgan fingerprint density at radius 2 is 2.40 bits per heavy atom. The molecule has 1 rings (SSSR count). The normalized spacial score (nSPS) is 32.7. The third-order valence-corrected chi connectivity index (χ3v) is 2.85. The van der Waals surface area contributed by atoms with Crippen LogP contribution in [-0.2, 0) is 9.59 Å². The van der Waals surface area contributed by atoms with Crippen molar-refractivity contribution in [2.45, 2.75) is 23.8 Å². The van der Waals surface area contributed by atoms with Gasteiger partial charge >= 0.3 is 5.97 Å². The average Bonchev–Trinajstić information content (AvgIpc) is 2.13. The minimum absolute atomic E-state index is 0.0531. The predicted octanol–water partition coefficient (Wildman–Crippen LogP) is 0.534. The number of rotatable bonds is 1. The van der Waals surface area contributed by atoms with Gasteiger partial charge in [0.15, 0.2) is 0 Å². The monoisotopic (exact) mass is 160 g/mol. The van der Waals surface area contributed by atoms with Crippen LogP contribution in [0, 0.1) is 0 Å². The molecule has 1 N–H and O–H groups in total. The van der Waals surface area contributed by atoms with Crippen molar-refractivity contribution in [2.75, 3.05) is 0 Å². The Balaban J connectivity index is 2.57. The first-order valence-electron chi connectivity index (χ1n) is 3.02. The SMILES string of the molecule is C[C@H]1S[C@@H](C(=O)O)CC1=O. The number of hydrogen-bond acceptors (Lipinski definition) is 3. The van der Waals surface area contributed by atoms with Gasteiger partial charge in [-0.05, 0) is 6.92 Å². The maximum Gasteiger partial charge on any atom is 0.317 e. The number of ketones is 1. The lowest BCUT2D eigenvalue weighted by molar-refractivity contribution is -0.137. The molecule has 3 nitrogen and oxygen atoms in total. The van der Waals surface area contributed by atoms with Crippen LogP contribution in [0.3, 0.4) is 0 Å². The number of thioether (sulfide) groups is 1. The fourth-order valence-electron chi connectivity index (χ4n) is 0.865. The summed E-state index contributed by atoms with van der Waals surface area (Å²) in [4.78, 5) is 21.1. The molecule has 0 aromatic carbocycles. The van der Waals surface area contributed by atoms with E-state index in [2.05, 4.69) is 0 Å². The molecule has 1 aliphatic rings. The van der Waals surface area contributed by atoms with E-state index >= 15 is 0 Å². The van der Waals surface area contributed by atoms with Crippen molar-refractivity contribution >= 4 is 23.5 Å². The summed E-state index contributed by atoms with van der Waals surface area (Å²) in [5.74, 6) is -0.819. The van der Waals surface area contributed by atoms with Crippen molar-refractivity contribution in [1.82, 2.24) is 0 Å². The molecule has 0 spiro atoms. The summed E-state index contributed by atoms with van der Waals surface area (Å²) in [5.41, 5.74) is 0. The lowest BCUT2D eigenvalue weighted by Crippen LogP contribution is -2.13. The maximum atomic E-state index is 10.8. The molecule has 0 aliphatic carbocycles. The molecule has 1 aliphatic heterocycles. The molecule has 0 bridgehead atoms. The van der Waals surface area contributed by atoms with Crippen molar-refractivity contribution in [3.05, 3.63) is 0 Å². The highest BCUT2D eigenvalue weighted by Gasteiger charge is 2.34. The minimum Gasteiger partial charge on any atom is -0.480 e. The van der Waals surface area contributed by atoms with E-state index in [9.17, 15) is 9.59 Å². The van der Waals surface area contributed by atoms with Gasteiger partial charge in [-0.15, -0.1) is 11.8 Å². The molecule has 1 fully saturated rings. The lowest BCUT2D eigenvalue weighted by Gasteiger charge is -1.98. The van der Waals surface area contributed by atoms with Gasteiger partial charge < -0.3 is 5.11 Å². The highest BCUT2D eigenvalue weighted by molar-refractivity contribution is 8.02. The summed E-state index contributed by atoms with van der Waals surface area (Å²) >= 11 is 1.23. The van der Waals surface area contributed by atoms with Crippen LogP contribution in [0.2, 0.25) is 0 Å². The Labute approximate surface area is 62.8 Å². The van der Waals surface area contributed by atoms with E-state index in [0.717, 1.165) is 0 Å². The van der Waals surface area contributed by atoms with E-state index in [-0.39, 0.29) is 17.5 Å². The molecule has 2 atom stereocenters. The van der Waals surface area contributed by atoms with Gasteiger partial charge in [0.25, 0.3) is 0 Å². The zero-order chi connectivity index (χ0) is 7.72. The maximum absolute atomic E-state index is 10.8. The fourth-order valence-corrected chi connectivity index (χ4v) is 1.98. The quantitative estimate of drug-likeness (QED) is 0.608. The zero-order valence-electron chi connectivity index (χ0n) is 5.53. The Morgan fingerprint density at radius 3 is 2.60 bits per heavy atom. The van der Waals surface area contributed by atoms with E-state index in [1.54, 1.807) is 6.92 Å². The van der Waals surface area contributed by atoms with Crippen molar-refractivity contribution in [3.63, 3.8) is 0 Å². The number of carboxylic acid groups (broad SMARTS) is 1. The van der Waals surface area contributed by atoms with Crippen LogP contribution in [0.4, 0.5) is 0 Å². The molecule has 0 radical (unpaired) electrons. The summed E-state index contributed by atoms with van der Waals surface area (Å²) in [5, 5.41) is 7.85. The molecule has 4 heteroatoms. The van der Waals surface area contributed by atoms with Gasteiger partial charge in [-0.1, -0.05) is 0 Å². The third kappa shape index (κ3) is 1.31. The summed E-state index contributed by atoms with van der Waals surface area (Å²) < 4.78 is 0. The molecular weight excluding hydrogens is 152 g/mol. The van der Waals surface area contributed by atoms with E-state index in [1.807, 2.05) is 0 Å². The van der Waals surface area contributed by atoms with Crippen LogP contribution >= 0.6 is 11.8 Å². The van der Waals surface area contributed by atoms with Crippen molar-refractivity contribution in [1.29, 1.82) is 0 Å². The molecule has 1 saturated heterocycles. The summed E-state index contributed by atoms with van der Waals surface area (Å²) in [7, 11) is 0. The second kappa shape index (κ2) is 2.62. The number of Topliss-reactive ketones (excluding diaryl/α,β-unsaturated/α-hetero) is 1. The lowest BCUT2D eigenvalue weighted by atomic mass is 10.2. The van der Waals surface area contributed by atoms with Gasteiger partial charge in [-0.2, -0.15) is 0 Å². The van der Waals surface area contributed by atoms with E-state index in [4.69, 9.17) is 5.11 Å². The molecule has 0 unspecified atom stereocenters. The first-order chi connectivity index (χ1) is 4.61. The fraction of sp³-hybridized carbons (Fsp3) is 0.667. The number of carbonyl (C=O) groups excluding carboxylic acids is 1. The molecule has 0 aromatic rings.